The zero-order valence-corrected chi connectivity index (χ0v) is 14.9. The van der Waals surface area contributed by atoms with Gasteiger partial charge in [-0.2, -0.15) is 0 Å². The first-order chi connectivity index (χ1) is 11.6. The number of nitrogens with two attached hydrogens (primary N) is 1. The minimum Gasteiger partial charge on any atom is -0.376 e. The molecule has 1 aliphatic rings. The van der Waals surface area contributed by atoms with E-state index in [4.69, 9.17) is 41.2 Å². The molecule has 0 aliphatic carbocycles. The van der Waals surface area contributed by atoms with Gasteiger partial charge in [0, 0.05) is 12.2 Å². The number of aliphatic imine (C=N–C) groups is 1. The van der Waals surface area contributed by atoms with Gasteiger partial charge in [-0.1, -0.05) is 41.4 Å². The van der Waals surface area contributed by atoms with Crippen LogP contribution in [0.2, 0.25) is 10.0 Å². The molecule has 0 amide bonds. The van der Waals surface area contributed by atoms with E-state index in [9.17, 15) is 0 Å². The van der Waals surface area contributed by atoms with Crippen LogP contribution in [0, 0.1) is 0 Å². The average molecular weight is 380 g/mol. The van der Waals surface area contributed by atoms with Gasteiger partial charge in [0.25, 0.3) is 0 Å². The van der Waals surface area contributed by atoms with Crippen molar-refractivity contribution in [3.63, 3.8) is 0 Å². The van der Waals surface area contributed by atoms with Gasteiger partial charge in [0.2, 0.25) is 0 Å². The molecule has 2 aromatic rings. The second-order valence-electron chi connectivity index (χ2n) is 5.08. The molecule has 2 aromatic carbocycles. The SMILES string of the molecule is NC(=S)N(c1ccccc1)c1cc(Cl)c(NC2=NCCN2)c(Cl)c1. The van der Waals surface area contributed by atoms with Crippen molar-refractivity contribution in [1.29, 1.82) is 0 Å². The molecule has 8 heteroatoms. The predicted molar refractivity (Wildman–Crippen MR) is 106 cm³/mol. The summed E-state index contributed by atoms with van der Waals surface area (Å²) in [6.45, 7) is 1.51. The van der Waals surface area contributed by atoms with Gasteiger partial charge in [-0.15, -0.1) is 0 Å². The fraction of sp³-hybridized carbons (Fsp3) is 0.125. The number of hydrogen-bond donors (Lipinski definition) is 3. The minimum atomic E-state index is 0.205. The van der Waals surface area contributed by atoms with Crippen molar-refractivity contribution in [2.75, 3.05) is 23.3 Å². The number of benzene rings is 2. The Kier molecular flexibility index (Phi) is 5.08. The van der Waals surface area contributed by atoms with Gasteiger partial charge >= 0.3 is 0 Å². The van der Waals surface area contributed by atoms with E-state index in [2.05, 4.69) is 15.6 Å². The molecule has 0 radical (unpaired) electrons. The van der Waals surface area contributed by atoms with Crippen molar-refractivity contribution >= 4 is 63.6 Å². The van der Waals surface area contributed by atoms with Crippen LogP contribution < -0.4 is 21.3 Å². The second kappa shape index (κ2) is 7.25. The Balaban J connectivity index is 1.97. The van der Waals surface area contributed by atoms with Gasteiger partial charge in [0.05, 0.1) is 28.0 Å². The van der Waals surface area contributed by atoms with Crippen LogP contribution >= 0.6 is 35.4 Å². The van der Waals surface area contributed by atoms with Crippen LogP contribution in [0.25, 0.3) is 0 Å². The molecule has 0 spiro atoms. The zero-order valence-electron chi connectivity index (χ0n) is 12.6. The van der Waals surface area contributed by atoms with Gasteiger partial charge < -0.3 is 16.4 Å². The lowest BCUT2D eigenvalue weighted by molar-refractivity contribution is 0.959. The van der Waals surface area contributed by atoms with Gasteiger partial charge in [-0.25, -0.2) is 0 Å². The number of anilines is 3. The molecule has 24 heavy (non-hydrogen) atoms. The first-order valence-corrected chi connectivity index (χ1v) is 8.41. The third-order valence-electron chi connectivity index (χ3n) is 3.44. The van der Waals surface area contributed by atoms with E-state index in [1.54, 1.807) is 17.0 Å². The van der Waals surface area contributed by atoms with E-state index in [1.165, 1.54) is 0 Å². The summed E-state index contributed by atoms with van der Waals surface area (Å²) in [5.41, 5.74) is 8.01. The Hall–Kier alpha value is -2.02. The number of halogens is 2. The molecule has 0 aromatic heterocycles. The molecule has 0 fully saturated rings. The molecule has 0 bridgehead atoms. The molecule has 0 atom stereocenters. The Morgan fingerprint density at radius 3 is 2.38 bits per heavy atom. The van der Waals surface area contributed by atoms with E-state index in [1.807, 2.05) is 30.3 Å². The highest BCUT2D eigenvalue weighted by molar-refractivity contribution is 7.80. The fourth-order valence-electron chi connectivity index (χ4n) is 2.39. The van der Waals surface area contributed by atoms with Crippen molar-refractivity contribution < 1.29 is 0 Å². The Bertz CT molecular complexity index is 771. The van der Waals surface area contributed by atoms with Crippen LogP contribution in [0.3, 0.4) is 0 Å². The maximum atomic E-state index is 6.41. The molecular weight excluding hydrogens is 365 g/mol. The smallest absolute Gasteiger partial charge is 0.196 e. The third kappa shape index (κ3) is 3.56. The monoisotopic (exact) mass is 379 g/mol. The average Bonchev–Trinajstić information content (AvgIpc) is 3.05. The summed E-state index contributed by atoms with van der Waals surface area (Å²) in [5, 5.41) is 7.32. The Labute approximate surface area is 155 Å². The Morgan fingerprint density at radius 2 is 1.83 bits per heavy atom. The molecule has 4 N–H and O–H groups in total. The highest BCUT2D eigenvalue weighted by atomic mass is 35.5. The molecular formula is C16H15Cl2N5S. The van der Waals surface area contributed by atoms with Crippen molar-refractivity contribution in [3.8, 4) is 0 Å². The van der Waals surface area contributed by atoms with Gasteiger partial charge in [0.15, 0.2) is 11.1 Å². The lowest BCUT2D eigenvalue weighted by atomic mass is 10.2. The molecule has 124 valence electrons. The van der Waals surface area contributed by atoms with Crippen molar-refractivity contribution in [2.45, 2.75) is 0 Å². The summed E-state index contributed by atoms with van der Waals surface area (Å²) in [6, 6.07) is 13.1. The summed E-state index contributed by atoms with van der Waals surface area (Å²) < 4.78 is 0. The van der Waals surface area contributed by atoms with Crippen LogP contribution in [0.15, 0.2) is 47.5 Å². The van der Waals surface area contributed by atoms with E-state index >= 15 is 0 Å². The van der Waals surface area contributed by atoms with E-state index in [0.717, 1.165) is 18.8 Å². The maximum absolute atomic E-state index is 6.41. The summed E-state index contributed by atoms with van der Waals surface area (Å²) >= 11 is 18.0. The Morgan fingerprint density at radius 1 is 1.17 bits per heavy atom. The van der Waals surface area contributed by atoms with Gasteiger partial charge in [0.1, 0.15) is 0 Å². The molecule has 0 saturated carbocycles. The predicted octanol–water partition coefficient (Wildman–Crippen LogP) is 3.75. The van der Waals surface area contributed by atoms with Crippen LogP contribution in [0.1, 0.15) is 0 Å². The lowest BCUT2D eigenvalue weighted by Crippen LogP contribution is -2.31. The first kappa shape index (κ1) is 16.8. The van der Waals surface area contributed by atoms with Gasteiger partial charge in [-0.05, 0) is 36.5 Å². The number of para-hydroxylation sites is 1. The van der Waals surface area contributed by atoms with Crippen molar-refractivity contribution in [2.24, 2.45) is 10.7 Å². The van der Waals surface area contributed by atoms with Crippen LogP contribution in [0.5, 0.6) is 0 Å². The number of thiocarbonyl (C=S) groups is 1. The lowest BCUT2D eigenvalue weighted by Gasteiger charge is -2.24. The highest BCUT2D eigenvalue weighted by Crippen LogP contribution is 2.37. The second-order valence-corrected chi connectivity index (χ2v) is 6.31. The topological polar surface area (TPSA) is 65.7 Å². The quantitative estimate of drug-likeness (QED) is 0.708. The highest BCUT2D eigenvalue weighted by Gasteiger charge is 2.17. The summed E-state index contributed by atoms with van der Waals surface area (Å²) in [5.74, 6) is 0.654. The summed E-state index contributed by atoms with van der Waals surface area (Å²) in [4.78, 5) is 5.98. The standard InChI is InChI=1S/C16H15Cl2N5S/c17-12-8-11(23(15(19)24)10-4-2-1-3-5-10)9-13(18)14(12)22-16-20-6-7-21-16/h1-5,8-9H,6-7H2,(H2,19,24)(H2,20,21,22). The first-order valence-electron chi connectivity index (χ1n) is 7.25. The molecule has 0 saturated heterocycles. The number of nitrogens with one attached hydrogen (secondary N) is 2. The third-order valence-corrected chi connectivity index (χ3v) is 4.22. The van der Waals surface area contributed by atoms with Gasteiger partial charge in [-0.3, -0.25) is 9.89 Å². The number of rotatable bonds is 3. The molecule has 0 unspecified atom stereocenters. The van der Waals surface area contributed by atoms with Crippen molar-refractivity contribution in [1.82, 2.24) is 5.32 Å². The van der Waals surface area contributed by atoms with E-state index in [-0.39, 0.29) is 5.11 Å². The normalized spacial score (nSPS) is 13.2. The minimum absolute atomic E-state index is 0.205. The summed E-state index contributed by atoms with van der Waals surface area (Å²) in [7, 11) is 0. The number of guanidine groups is 1. The fourth-order valence-corrected chi connectivity index (χ4v) is 3.17. The number of hydrogen-bond acceptors (Lipinski definition) is 4. The van der Waals surface area contributed by atoms with Crippen LogP contribution in [0.4, 0.5) is 17.1 Å². The zero-order chi connectivity index (χ0) is 17.1. The van der Waals surface area contributed by atoms with E-state index < -0.39 is 0 Å². The molecule has 1 heterocycles. The van der Waals surface area contributed by atoms with Crippen LogP contribution in [-0.2, 0) is 0 Å². The van der Waals surface area contributed by atoms with Crippen molar-refractivity contribution in [3.05, 3.63) is 52.5 Å². The maximum Gasteiger partial charge on any atom is 0.196 e. The van der Waals surface area contributed by atoms with Crippen LogP contribution in [-0.4, -0.2) is 24.2 Å². The largest absolute Gasteiger partial charge is 0.376 e. The molecule has 3 rings (SSSR count). The number of nitrogens with zero attached hydrogens (tertiary/aromatic N) is 2. The molecule has 5 nitrogen and oxygen atoms in total. The van der Waals surface area contributed by atoms with E-state index in [0.29, 0.717) is 27.4 Å². The molecule has 1 aliphatic heterocycles. The summed E-state index contributed by atoms with van der Waals surface area (Å²) in [6.07, 6.45) is 0.